The second-order valence-corrected chi connectivity index (χ2v) is 2.65. The Morgan fingerprint density at radius 3 is 2.43 bits per heavy atom. The number of rotatable bonds is 4. The van der Waals surface area contributed by atoms with Crippen molar-refractivity contribution < 1.29 is 19.0 Å². The van der Waals surface area contributed by atoms with Crippen LogP contribution in [0.3, 0.4) is 0 Å². The minimum Gasteiger partial charge on any atom is -0.495 e. The number of methoxy groups -OCH3 is 3. The molecule has 0 aliphatic carbocycles. The van der Waals surface area contributed by atoms with E-state index in [2.05, 4.69) is 5.32 Å². The van der Waals surface area contributed by atoms with E-state index in [1.165, 1.54) is 21.3 Å². The van der Waals surface area contributed by atoms with Crippen LogP contribution in [0.15, 0.2) is 23.8 Å². The van der Waals surface area contributed by atoms with Gasteiger partial charge in [0.25, 0.3) is 5.72 Å². The van der Waals surface area contributed by atoms with Gasteiger partial charge in [-0.1, -0.05) is 0 Å². The van der Waals surface area contributed by atoms with Gasteiger partial charge in [-0.05, 0) is 6.08 Å². The zero-order valence-corrected chi connectivity index (χ0v) is 8.37. The summed E-state index contributed by atoms with van der Waals surface area (Å²) in [6.07, 6.45) is 3.89. The number of ether oxygens (including phenoxy) is 3. The Kier molecular flexibility index (Phi) is 3.14. The van der Waals surface area contributed by atoms with Gasteiger partial charge in [0.1, 0.15) is 0 Å². The van der Waals surface area contributed by atoms with Crippen molar-refractivity contribution in [1.29, 1.82) is 0 Å². The summed E-state index contributed by atoms with van der Waals surface area (Å²) >= 11 is 0. The first-order valence-corrected chi connectivity index (χ1v) is 4.02. The SMILES string of the molecule is COC1=CC=C(OC)C(C=O)(OC)N1. The Bertz CT molecular complexity index is 285. The number of allylic oxidation sites excluding steroid dienone is 2. The summed E-state index contributed by atoms with van der Waals surface area (Å²) in [6.45, 7) is 0. The third kappa shape index (κ3) is 1.58. The largest absolute Gasteiger partial charge is 0.495 e. The van der Waals surface area contributed by atoms with Gasteiger partial charge in [-0.3, -0.25) is 4.79 Å². The molecule has 5 nitrogen and oxygen atoms in total. The monoisotopic (exact) mass is 199 g/mol. The quantitative estimate of drug-likeness (QED) is 0.653. The lowest BCUT2D eigenvalue weighted by molar-refractivity contribution is -0.131. The molecule has 1 aliphatic rings. The zero-order valence-electron chi connectivity index (χ0n) is 8.37. The van der Waals surface area contributed by atoms with Crippen LogP contribution in [0.2, 0.25) is 0 Å². The van der Waals surface area contributed by atoms with Crippen molar-refractivity contribution in [3.05, 3.63) is 23.8 Å². The Balaban J connectivity index is 3.03. The molecule has 1 N–H and O–H groups in total. The molecule has 1 unspecified atom stereocenters. The summed E-state index contributed by atoms with van der Waals surface area (Å²) in [5, 5.41) is 2.77. The Labute approximate surface area is 82.3 Å². The van der Waals surface area contributed by atoms with Crippen LogP contribution in [0.1, 0.15) is 0 Å². The minimum absolute atomic E-state index is 0.385. The standard InChI is InChI=1S/C9H13NO4/c1-12-7-4-5-8(13-2)10-9(7,6-11)14-3/h4-6,10H,1-3H3. The average molecular weight is 199 g/mol. The Morgan fingerprint density at radius 1 is 1.29 bits per heavy atom. The third-order valence-corrected chi connectivity index (χ3v) is 1.99. The number of carbonyl (C=O) groups excluding carboxylic acids is 1. The van der Waals surface area contributed by atoms with Crippen molar-refractivity contribution in [2.45, 2.75) is 5.72 Å². The lowest BCUT2D eigenvalue weighted by Gasteiger charge is -2.32. The van der Waals surface area contributed by atoms with Crippen LogP contribution in [0.25, 0.3) is 0 Å². The summed E-state index contributed by atoms with van der Waals surface area (Å²) in [5.41, 5.74) is -1.28. The van der Waals surface area contributed by atoms with Gasteiger partial charge in [0.05, 0.1) is 14.2 Å². The molecular weight excluding hydrogens is 186 g/mol. The van der Waals surface area contributed by atoms with Crippen molar-refractivity contribution in [2.24, 2.45) is 0 Å². The number of nitrogens with one attached hydrogen (secondary N) is 1. The van der Waals surface area contributed by atoms with Crippen LogP contribution in [0.5, 0.6) is 0 Å². The first-order chi connectivity index (χ1) is 6.72. The fourth-order valence-electron chi connectivity index (χ4n) is 1.19. The van der Waals surface area contributed by atoms with Gasteiger partial charge in [-0.15, -0.1) is 0 Å². The van der Waals surface area contributed by atoms with Gasteiger partial charge in [-0.2, -0.15) is 0 Å². The maximum Gasteiger partial charge on any atom is 0.256 e. The van der Waals surface area contributed by atoms with Gasteiger partial charge >= 0.3 is 0 Å². The molecule has 0 aromatic rings. The lowest BCUT2D eigenvalue weighted by atomic mass is 10.1. The molecule has 1 heterocycles. The molecular formula is C9H13NO4. The molecule has 0 radical (unpaired) electrons. The van der Waals surface area contributed by atoms with E-state index in [1.54, 1.807) is 12.2 Å². The highest BCUT2D eigenvalue weighted by Gasteiger charge is 2.38. The maximum absolute atomic E-state index is 11.0. The van der Waals surface area contributed by atoms with Gasteiger partial charge in [0.2, 0.25) is 0 Å². The second kappa shape index (κ2) is 4.15. The van der Waals surface area contributed by atoms with E-state index < -0.39 is 5.72 Å². The van der Waals surface area contributed by atoms with E-state index in [0.717, 1.165) is 0 Å². The van der Waals surface area contributed by atoms with Crippen LogP contribution < -0.4 is 5.32 Å². The van der Waals surface area contributed by atoms with Crippen LogP contribution in [0.4, 0.5) is 0 Å². The van der Waals surface area contributed by atoms with Gasteiger partial charge in [-0.25, -0.2) is 0 Å². The molecule has 5 heteroatoms. The fraction of sp³-hybridized carbons (Fsp3) is 0.444. The van der Waals surface area contributed by atoms with Crippen LogP contribution in [-0.2, 0) is 19.0 Å². The summed E-state index contributed by atoms with van der Waals surface area (Å²) in [6, 6.07) is 0. The van der Waals surface area contributed by atoms with Crippen molar-refractivity contribution >= 4 is 6.29 Å². The molecule has 0 aromatic heterocycles. The predicted molar refractivity (Wildman–Crippen MR) is 49.1 cm³/mol. The molecule has 1 aliphatic heterocycles. The number of hydrogen-bond donors (Lipinski definition) is 1. The number of carbonyl (C=O) groups is 1. The molecule has 0 aromatic carbocycles. The normalized spacial score (nSPS) is 25.6. The molecule has 0 bridgehead atoms. The van der Waals surface area contributed by atoms with Crippen molar-refractivity contribution in [3.63, 3.8) is 0 Å². The van der Waals surface area contributed by atoms with Crippen molar-refractivity contribution in [1.82, 2.24) is 5.32 Å². The maximum atomic E-state index is 11.0. The van der Waals surface area contributed by atoms with Crippen molar-refractivity contribution in [3.8, 4) is 0 Å². The molecule has 1 atom stereocenters. The molecule has 0 spiro atoms. The predicted octanol–water partition coefficient (Wildman–Crippen LogP) is 0.149. The highest BCUT2D eigenvalue weighted by atomic mass is 16.6. The van der Waals surface area contributed by atoms with E-state index >= 15 is 0 Å². The van der Waals surface area contributed by atoms with Crippen LogP contribution in [0, 0.1) is 0 Å². The van der Waals surface area contributed by atoms with Crippen LogP contribution >= 0.6 is 0 Å². The second-order valence-electron chi connectivity index (χ2n) is 2.65. The zero-order chi connectivity index (χ0) is 10.6. The molecule has 78 valence electrons. The number of dihydropyridines is 1. The summed E-state index contributed by atoms with van der Waals surface area (Å²) < 4.78 is 15.0. The highest BCUT2D eigenvalue weighted by molar-refractivity contribution is 5.68. The molecule has 1 rings (SSSR count). The Hall–Kier alpha value is -1.49. The molecule has 14 heavy (non-hydrogen) atoms. The summed E-state index contributed by atoms with van der Waals surface area (Å²) in [5.74, 6) is 0.829. The highest BCUT2D eigenvalue weighted by Crippen LogP contribution is 2.22. The van der Waals surface area contributed by atoms with Gasteiger partial charge in [0, 0.05) is 13.2 Å². The van der Waals surface area contributed by atoms with E-state index in [-0.39, 0.29) is 0 Å². The first kappa shape index (κ1) is 10.6. The van der Waals surface area contributed by atoms with E-state index in [1.807, 2.05) is 0 Å². The first-order valence-electron chi connectivity index (χ1n) is 4.02. The van der Waals surface area contributed by atoms with Crippen LogP contribution in [-0.4, -0.2) is 33.3 Å². The average Bonchev–Trinajstić information content (AvgIpc) is 2.27. The summed E-state index contributed by atoms with van der Waals surface area (Å²) in [4.78, 5) is 11.0. The number of hydrogen-bond acceptors (Lipinski definition) is 5. The molecule has 0 fully saturated rings. The fourth-order valence-corrected chi connectivity index (χ4v) is 1.19. The van der Waals surface area contributed by atoms with Gasteiger partial charge in [0.15, 0.2) is 17.9 Å². The van der Waals surface area contributed by atoms with E-state index in [0.29, 0.717) is 17.9 Å². The molecule has 0 saturated carbocycles. The molecule has 0 saturated heterocycles. The van der Waals surface area contributed by atoms with E-state index in [9.17, 15) is 4.79 Å². The smallest absolute Gasteiger partial charge is 0.256 e. The Morgan fingerprint density at radius 2 is 2.00 bits per heavy atom. The van der Waals surface area contributed by atoms with E-state index in [4.69, 9.17) is 14.2 Å². The molecule has 0 amide bonds. The lowest BCUT2D eigenvalue weighted by Crippen LogP contribution is -2.51. The third-order valence-electron chi connectivity index (χ3n) is 1.99. The minimum atomic E-state index is -1.28. The number of aldehydes is 1. The van der Waals surface area contributed by atoms with Crippen molar-refractivity contribution in [2.75, 3.05) is 21.3 Å². The topological polar surface area (TPSA) is 56.8 Å². The summed E-state index contributed by atoms with van der Waals surface area (Å²) in [7, 11) is 4.37. The van der Waals surface area contributed by atoms with Gasteiger partial charge < -0.3 is 19.5 Å².